The molecule has 0 fully saturated rings. The third kappa shape index (κ3) is 495. The molecule has 0 aromatic carbocycles. The van der Waals surface area contributed by atoms with E-state index in [-0.39, 0.29) is 0 Å². The smallest absolute Gasteiger partial charge is 0.0379 e. The molecular weight excluding hydrogens is 228 g/mol. The fourth-order valence-electron chi connectivity index (χ4n) is 0.236. The molecule has 0 N–H and O–H groups in total. The molecule has 0 aliphatic rings. The van der Waals surface area contributed by atoms with Crippen molar-refractivity contribution < 1.29 is 0 Å². The van der Waals surface area contributed by atoms with Gasteiger partial charge in [-0.05, 0) is 40.0 Å². The monoisotopic (exact) mass is 266 g/mol. The van der Waals surface area contributed by atoms with Crippen LogP contribution in [0, 0.1) is 0 Å². The van der Waals surface area contributed by atoms with Crippen molar-refractivity contribution in [2.24, 2.45) is 0 Å². The first-order valence-corrected chi connectivity index (χ1v) is 7.04. The lowest BCUT2D eigenvalue weighted by molar-refractivity contribution is 1.22. The highest BCUT2D eigenvalue weighted by Gasteiger charge is 1.52. The lowest BCUT2D eigenvalue weighted by atomic mass is 10.4. The number of allylic oxidation sites excluding steroid dienone is 6. The van der Waals surface area contributed by atoms with Crippen molar-refractivity contribution in [2.75, 3.05) is 0 Å². The van der Waals surface area contributed by atoms with Crippen LogP contribution in [0.15, 0.2) is 62.8 Å². The Morgan fingerprint density at radius 2 is 0.842 bits per heavy atom. The van der Waals surface area contributed by atoms with Crippen LogP contribution in [-0.4, -0.2) is 0 Å². The molecule has 0 spiro atoms. The Morgan fingerprint density at radius 1 is 0.632 bits per heavy atom. The Balaban J connectivity index is -0.0000000437. The van der Waals surface area contributed by atoms with Crippen LogP contribution in [0.5, 0.6) is 0 Å². The average molecular weight is 267 g/mol. The summed E-state index contributed by atoms with van der Waals surface area (Å²) in [7, 11) is 0. The van der Waals surface area contributed by atoms with Crippen LogP contribution in [0.1, 0.15) is 60.8 Å². The highest BCUT2D eigenvalue weighted by Crippen LogP contribution is 1.73. The molecule has 0 aliphatic carbocycles. The Kier molecular flexibility index (Phi) is 112. The Bertz CT molecular complexity index is 147. The van der Waals surface area contributed by atoms with Gasteiger partial charge in [-0.2, -0.15) is 0 Å². The van der Waals surface area contributed by atoms with E-state index in [9.17, 15) is 0 Å². The van der Waals surface area contributed by atoms with Crippen molar-refractivity contribution in [3.63, 3.8) is 0 Å². The lowest BCUT2D eigenvalue weighted by Gasteiger charge is -1.65. The molecule has 0 bridgehead atoms. The van der Waals surface area contributed by atoms with E-state index >= 15 is 0 Å². The van der Waals surface area contributed by atoms with E-state index < -0.39 is 0 Å². The highest BCUT2D eigenvalue weighted by molar-refractivity contribution is 4.73. The fraction of sp³-hybridized carbons (Fsp3) is 0.474. The molecular formula is C19H38. The standard InChI is InChI=1S/C5H10.2C4H8.2C3H6/c1-3-5-4-2;2*1-3-4-2;2*1-3-2/h3,5H,4H2,1-2H3;2*3H,1,4H2,2H3;2*3H,1H2,2H3/b5-3+;;;;. The first-order chi connectivity index (χ1) is 9.07. The Labute approximate surface area is 124 Å². The fourth-order valence-corrected chi connectivity index (χ4v) is 0.236. The molecule has 0 amide bonds. The van der Waals surface area contributed by atoms with E-state index in [0.717, 1.165) is 19.3 Å². The summed E-state index contributed by atoms with van der Waals surface area (Å²) in [6.07, 6.45) is 14.8. The molecule has 0 unspecified atom stereocenters. The predicted molar refractivity (Wildman–Crippen MR) is 97.8 cm³/mol. The summed E-state index contributed by atoms with van der Waals surface area (Å²) >= 11 is 0. The van der Waals surface area contributed by atoms with E-state index in [1.54, 1.807) is 12.2 Å². The van der Waals surface area contributed by atoms with Crippen LogP contribution in [0.25, 0.3) is 0 Å². The Hall–Kier alpha value is -1.30. The molecule has 0 heteroatoms. The molecule has 114 valence electrons. The summed E-state index contributed by atoms with van der Waals surface area (Å²) in [6.45, 7) is 25.7. The van der Waals surface area contributed by atoms with Crippen LogP contribution in [0.3, 0.4) is 0 Å². The minimum Gasteiger partial charge on any atom is -0.103 e. The zero-order chi connectivity index (χ0) is 16.4. The summed E-state index contributed by atoms with van der Waals surface area (Å²) in [6, 6.07) is 0. The SMILES string of the molecule is C/C=C/CC.C=CC.C=CC.C=CCC.C=CCC. The van der Waals surface area contributed by atoms with Crippen molar-refractivity contribution in [2.45, 2.75) is 60.8 Å². The van der Waals surface area contributed by atoms with Gasteiger partial charge in [-0.15, -0.1) is 26.3 Å². The number of rotatable bonds is 3. The normalized spacial score (nSPS) is 6.63. The van der Waals surface area contributed by atoms with Crippen molar-refractivity contribution in [1.29, 1.82) is 0 Å². The quantitative estimate of drug-likeness (QED) is 0.463. The van der Waals surface area contributed by atoms with Gasteiger partial charge in [0, 0.05) is 0 Å². The van der Waals surface area contributed by atoms with Crippen LogP contribution in [0.4, 0.5) is 0 Å². The third-order valence-corrected chi connectivity index (χ3v) is 1.05. The van der Waals surface area contributed by atoms with Gasteiger partial charge >= 0.3 is 0 Å². The van der Waals surface area contributed by atoms with Gasteiger partial charge in [0.15, 0.2) is 0 Å². The van der Waals surface area contributed by atoms with Gasteiger partial charge in [-0.1, -0.05) is 57.2 Å². The van der Waals surface area contributed by atoms with Crippen molar-refractivity contribution in [3.05, 3.63) is 62.8 Å². The maximum absolute atomic E-state index is 3.48. The summed E-state index contributed by atoms with van der Waals surface area (Å²) in [5.74, 6) is 0. The average Bonchev–Trinajstić information content (AvgIpc) is 2.42. The van der Waals surface area contributed by atoms with Gasteiger partial charge in [-0.25, -0.2) is 0 Å². The van der Waals surface area contributed by atoms with Gasteiger partial charge in [0.25, 0.3) is 0 Å². The molecule has 0 rings (SSSR count). The predicted octanol–water partition coefficient (Wildman–Crippen LogP) is 7.52. The highest BCUT2D eigenvalue weighted by atomic mass is 13.6. The van der Waals surface area contributed by atoms with Crippen LogP contribution >= 0.6 is 0 Å². The summed E-state index contributed by atoms with van der Waals surface area (Å²) in [5, 5.41) is 0. The molecule has 0 aromatic heterocycles. The third-order valence-electron chi connectivity index (χ3n) is 1.05. The lowest BCUT2D eigenvalue weighted by Crippen LogP contribution is -1.43. The first-order valence-electron chi connectivity index (χ1n) is 7.04. The second kappa shape index (κ2) is 69.4. The van der Waals surface area contributed by atoms with Crippen LogP contribution in [0.2, 0.25) is 0 Å². The molecule has 0 nitrogen and oxygen atoms in total. The largest absolute Gasteiger partial charge is 0.103 e. The molecule has 0 atom stereocenters. The first kappa shape index (κ1) is 30.6. The topological polar surface area (TPSA) is 0 Å². The number of hydrogen-bond donors (Lipinski definition) is 0. The van der Waals surface area contributed by atoms with Gasteiger partial charge in [-0.3, -0.25) is 0 Å². The second-order valence-electron chi connectivity index (χ2n) is 3.19. The van der Waals surface area contributed by atoms with Crippen molar-refractivity contribution in [1.82, 2.24) is 0 Å². The summed E-state index contributed by atoms with van der Waals surface area (Å²) in [5.41, 5.74) is 0. The molecule has 0 aromatic rings. The zero-order valence-electron chi connectivity index (χ0n) is 14.4. The molecule has 0 aliphatic heterocycles. The van der Waals surface area contributed by atoms with E-state index in [0.29, 0.717) is 0 Å². The van der Waals surface area contributed by atoms with Gasteiger partial charge in [0.1, 0.15) is 0 Å². The zero-order valence-corrected chi connectivity index (χ0v) is 14.4. The molecule has 19 heavy (non-hydrogen) atoms. The molecule has 0 heterocycles. The van der Waals surface area contributed by atoms with E-state index in [4.69, 9.17) is 0 Å². The molecule has 0 saturated carbocycles. The summed E-state index contributed by atoms with van der Waals surface area (Å²) < 4.78 is 0. The van der Waals surface area contributed by atoms with E-state index in [1.165, 1.54) is 0 Å². The van der Waals surface area contributed by atoms with Crippen molar-refractivity contribution in [3.8, 4) is 0 Å². The maximum atomic E-state index is 3.48. The van der Waals surface area contributed by atoms with Crippen molar-refractivity contribution >= 4 is 0 Å². The van der Waals surface area contributed by atoms with Gasteiger partial charge in [0.05, 0.1) is 0 Å². The van der Waals surface area contributed by atoms with E-state index in [1.807, 2.05) is 32.9 Å². The minimum atomic E-state index is 1.08. The summed E-state index contributed by atoms with van der Waals surface area (Å²) in [4.78, 5) is 0. The minimum absolute atomic E-state index is 1.08. The van der Waals surface area contributed by atoms with Gasteiger partial charge < -0.3 is 0 Å². The maximum Gasteiger partial charge on any atom is -0.0379 e. The van der Waals surface area contributed by atoms with Gasteiger partial charge in [0.2, 0.25) is 0 Å². The molecule has 0 radical (unpaired) electrons. The molecule has 0 saturated heterocycles. The van der Waals surface area contributed by atoms with Crippen LogP contribution < -0.4 is 0 Å². The van der Waals surface area contributed by atoms with Crippen LogP contribution in [-0.2, 0) is 0 Å². The number of hydrogen-bond acceptors (Lipinski definition) is 0. The Morgan fingerprint density at radius 3 is 0.842 bits per heavy atom. The van der Waals surface area contributed by atoms with E-state index in [2.05, 4.69) is 59.2 Å². The second-order valence-corrected chi connectivity index (χ2v) is 3.19.